The first-order valence-corrected chi connectivity index (χ1v) is 15.6. The molecular weight excluding hydrogens is 542 g/mol. The molecule has 5 aliphatic rings. The average molecular weight is 584 g/mol. The van der Waals surface area contributed by atoms with Crippen molar-refractivity contribution in [1.29, 1.82) is 0 Å². The number of para-hydroxylation sites is 1. The van der Waals surface area contributed by atoms with Crippen LogP contribution in [0.3, 0.4) is 0 Å². The van der Waals surface area contributed by atoms with E-state index in [-0.39, 0.29) is 29.8 Å². The lowest BCUT2D eigenvalue weighted by atomic mass is 9.44. The first-order chi connectivity index (χ1) is 20.5. The van der Waals surface area contributed by atoms with Gasteiger partial charge in [0.25, 0.3) is 0 Å². The van der Waals surface area contributed by atoms with Gasteiger partial charge in [0.2, 0.25) is 0 Å². The third kappa shape index (κ3) is 4.04. The molecule has 226 valence electrons. The highest BCUT2D eigenvalue weighted by molar-refractivity contribution is 5.97. The molecule has 2 N–H and O–H groups in total. The van der Waals surface area contributed by atoms with Crippen LogP contribution in [0.4, 0.5) is 0 Å². The highest BCUT2D eigenvalue weighted by Gasteiger charge is 2.69. The molecule has 2 saturated carbocycles. The molecule has 1 saturated heterocycles. The second kappa shape index (κ2) is 9.88. The van der Waals surface area contributed by atoms with Gasteiger partial charge in [-0.15, -0.1) is 0 Å². The molecule has 0 amide bonds. The quantitative estimate of drug-likeness (QED) is 0.365. The molecule has 1 aromatic heterocycles. The number of benzene rings is 2. The molecule has 2 bridgehead atoms. The van der Waals surface area contributed by atoms with E-state index in [0.717, 1.165) is 31.3 Å². The zero-order chi connectivity index (χ0) is 30.2. The van der Waals surface area contributed by atoms with Crippen LogP contribution in [-0.4, -0.2) is 52.5 Å². The molecule has 1 spiro atoms. The van der Waals surface area contributed by atoms with Gasteiger partial charge >= 0.3 is 5.97 Å². The van der Waals surface area contributed by atoms with E-state index in [0.29, 0.717) is 17.4 Å². The predicted octanol–water partition coefficient (Wildman–Crippen LogP) is 6.04. The van der Waals surface area contributed by atoms with Gasteiger partial charge in [0, 0.05) is 28.4 Å². The number of carbonyl (C=O) groups excluding carboxylic acids is 2. The molecule has 7 heteroatoms. The van der Waals surface area contributed by atoms with Gasteiger partial charge < -0.3 is 24.3 Å². The second-order valence-electron chi connectivity index (χ2n) is 13.9. The lowest BCUT2D eigenvalue weighted by Crippen LogP contribution is -2.60. The number of hydrogen-bond acceptors (Lipinski definition) is 6. The average Bonchev–Trinajstić information content (AvgIpc) is 3.59. The molecule has 3 aliphatic carbocycles. The van der Waals surface area contributed by atoms with Gasteiger partial charge in [-0.25, -0.2) is 4.79 Å². The summed E-state index contributed by atoms with van der Waals surface area (Å²) in [5, 5.41) is 9.77. The van der Waals surface area contributed by atoms with Crippen molar-refractivity contribution in [2.24, 2.45) is 17.3 Å². The van der Waals surface area contributed by atoms with Crippen molar-refractivity contribution < 1.29 is 28.9 Å². The Balaban J connectivity index is 0.000000213. The van der Waals surface area contributed by atoms with Crippen LogP contribution in [0.2, 0.25) is 0 Å². The SMILES string of the molecule is CC1(C)OC23CCC4(C)C(CCC5Cc6c([nH]c7ccccc67)[C@@]54C)C2=CC(=O)C1O3.O=C(OCCO)c1ccccc1. The van der Waals surface area contributed by atoms with Crippen molar-refractivity contribution in [2.75, 3.05) is 13.2 Å². The minimum absolute atomic E-state index is 0.0493. The van der Waals surface area contributed by atoms with E-state index >= 15 is 0 Å². The van der Waals surface area contributed by atoms with Crippen LogP contribution in [0, 0.1) is 17.3 Å². The van der Waals surface area contributed by atoms with Gasteiger partial charge in [-0.05, 0) is 92.2 Å². The van der Waals surface area contributed by atoms with Gasteiger partial charge in [-0.3, -0.25) is 4.79 Å². The number of rotatable bonds is 3. The molecular formula is C36H41NO6. The Kier molecular flexibility index (Phi) is 6.55. The third-order valence-electron chi connectivity index (χ3n) is 11.4. The molecule has 2 aromatic carbocycles. The summed E-state index contributed by atoms with van der Waals surface area (Å²) in [6.45, 7) is 8.89. The summed E-state index contributed by atoms with van der Waals surface area (Å²) in [4.78, 5) is 28.0. The Bertz CT molecular complexity index is 1620. The number of fused-ring (bicyclic) bond motifs is 9. The number of aliphatic hydroxyl groups excluding tert-OH is 1. The molecule has 2 aliphatic heterocycles. The standard InChI is InChI=1S/C27H31NO3.C9H10O3/c1-24(2)23-21(29)14-19-18-10-9-15-13-17-16-7-5-6-8-20(16)28-22(17)26(15,4)25(18,3)11-12-27(19,30-23)31-24;10-6-7-12-9(11)8-4-2-1-3-5-8/h5-8,14-15,18,23,28H,9-13H2,1-4H3;1-5,10H,6-7H2/t15?,18?,23?,25?,26-,27?;/m1./s1. The number of ether oxygens (including phenoxy) is 3. The normalized spacial score (nSPS) is 34.7. The van der Waals surface area contributed by atoms with Gasteiger partial charge in [-0.1, -0.05) is 50.2 Å². The van der Waals surface area contributed by atoms with Crippen LogP contribution >= 0.6 is 0 Å². The number of carbonyl (C=O) groups is 2. The molecule has 3 aromatic rings. The summed E-state index contributed by atoms with van der Waals surface area (Å²) >= 11 is 0. The van der Waals surface area contributed by atoms with Crippen LogP contribution in [0.1, 0.15) is 75.0 Å². The Morgan fingerprint density at radius 2 is 1.77 bits per heavy atom. The maximum absolute atomic E-state index is 13.0. The summed E-state index contributed by atoms with van der Waals surface area (Å²) in [6, 6.07) is 17.4. The molecule has 0 radical (unpaired) electrons. The summed E-state index contributed by atoms with van der Waals surface area (Å²) in [5.41, 5.74) is 5.39. The largest absolute Gasteiger partial charge is 0.460 e. The van der Waals surface area contributed by atoms with Crippen LogP contribution in [0.15, 0.2) is 66.2 Å². The van der Waals surface area contributed by atoms with Gasteiger partial charge in [-0.2, -0.15) is 0 Å². The topological polar surface area (TPSA) is 97.9 Å². The fraction of sp³-hybridized carbons (Fsp3) is 0.500. The van der Waals surface area contributed by atoms with Crippen molar-refractivity contribution in [3.8, 4) is 0 Å². The van der Waals surface area contributed by atoms with E-state index in [1.54, 1.807) is 24.3 Å². The van der Waals surface area contributed by atoms with Crippen LogP contribution in [0.25, 0.3) is 10.9 Å². The minimum atomic E-state index is -0.697. The highest BCUT2D eigenvalue weighted by atomic mass is 16.8. The van der Waals surface area contributed by atoms with Gasteiger partial charge in [0.15, 0.2) is 17.7 Å². The fourth-order valence-corrected chi connectivity index (χ4v) is 9.18. The summed E-state index contributed by atoms with van der Waals surface area (Å²) < 4.78 is 17.7. The van der Waals surface area contributed by atoms with Crippen molar-refractivity contribution in [3.05, 3.63) is 83.1 Å². The molecule has 5 unspecified atom stereocenters. The predicted molar refractivity (Wildman–Crippen MR) is 163 cm³/mol. The smallest absolute Gasteiger partial charge is 0.338 e. The Morgan fingerprint density at radius 1 is 1.02 bits per heavy atom. The molecule has 3 heterocycles. The molecule has 3 fully saturated rings. The van der Waals surface area contributed by atoms with E-state index in [4.69, 9.17) is 14.6 Å². The van der Waals surface area contributed by atoms with Gasteiger partial charge in [0.1, 0.15) is 12.2 Å². The van der Waals surface area contributed by atoms with Crippen LogP contribution in [0.5, 0.6) is 0 Å². The molecule has 8 rings (SSSR count). The number of H-pyrrole nitrogens is 1. The highest BCUT2D eigenvalue weighted by Crippen LogP contribution is 2.70. The Hall–Kier alpha value is -3.26. The van der Waals surface area contributed by atoms with Crippen LogP contribution in [-0.2, 0) is 30.8 Å². The number of esters is 1. The molecule has 43 heavy (non-hydrogen) atoms. The van der Waals surface area contributed by atoms with Crippen molar-refractivity contribution >= 4 is 22.7 Å². The molecule has 7 nitrogen and oxygen atoms in total. The Labute approximate surface area is 252 Å². The lowest BCUT2D eigenvalue weighted by molar-refractivity contribution is -0.205. The monoisotopic (exact) mass is 583 g/mol. The van der Waals surface area contributed by atoms with E-state index < -0.39 is 23.5 Å². The molecule has 6 atom stereocenters. The third-order valence-corrected chi connectivity index (χ3v) is 11.4. The Morgan fingerprint density at radius 3 is 2.53 bits per heavy atom. The zero-order valence-corrected chi connectivity index (χ0v) is 25.4. The maximum atomic E-state index is 13.0. The maximum Gasteiger partial charge on any atom is 0.338 e. The number of ketones is 1. The first-order valence-electron chi connectivity index (χ1n) is 15.6. The second-order valence-corrected chi connectivity index (χ2v) is 13.9. The number of aliphatic hydroxyl groups is 1. The number of aromatic nitrogens is 1. The summed E-state index contributed by atoms with van der Waals surface area (Å²) in [6.07, 6.45) is 6.78. The van der Waals surface area contributed by atoms with Crippen molar-refractivity contribution in [1.82, 2.24) is 4.98 Å². The van der Waals surface area contributed by atoms with Crippen molar-refractivity contribution in [2.45, 2.75) is 82.7 Å². The van der Waals surface area contributed by atoms with Gasteiger partial charge in [0.05, 0.1) is 12.2 Å². The fourth-order valence-electron chi connectivity index (χ4n) is 9.18. The number of aromatic amines is 1. The number of nitrogens with one attached hydrogen (secondary N) is 1. The van der Waals surface area contributed by atoms with Crippen molar-refractivity contribution in [3.63, 3.8) is 0 Å². The van der Waals surface area contributed by atoms with E-state index in [2.05, 4.69) is 47.8 Å². The zero-order valence-electron chi connectivity index (χ0n) is 25.4. The summed E-state index contributed by atoms with van der Waals surface area (Å²) in [5.74, 6) is -0.0639. The number of hydrogen-bond donors (Lipinski definition) is 2. The van der Waals surface area contributed by atoms with E-state index in [1.165, 1.54) is 28.6 Å². The van der Waals surface area contributed by atoms with E-state index in [1.807, 2.05) is 26.0 Å². The van der Waals surface area contributed by atoms with Crippen LogP contribution < -0.4 is 0 Å². The van der Waals surface area contributed by atoms with E-state index in [9.17, 15) is 9.59 Å². The summed E-state index contributed by atoms with van der Waals surface area (Å²) in [7, 11) is 0. The first kappa shape index (κ1) is 28.5. The lowest BCUT2D eigenvalue weighted by Gasteiger charge is -2.61. The minimum Gasteiger partial charge on any atom is -0.460 e.